The molecule has 0 spiro atoms. The van der Waals surface area contributed by atoms with Crippen molar-refractivity contribution >= 4 is 34.4 Å². The number of nitrogens with one attached hydrogen (secondary N) is 1. The Morgan fingerprint density at radius 1 is 1.12 bits per heavy atom. The first-order chi connectivity index (χ1) is 20.8. The summed E-state index contributed by atoms with van der Waals surface area (Å²) in [7, 11) is 0. The molecule has 13 nitrogen and oxygen atoms in total. The van der Waals surface area contributed by atoms with Crippen molar-refractivity contribution in [3.8, 4) is 17.0 Å². The molecule has 0 saturated carbocycles. The van der Waals surface area contributed by atoms with Gasteiger partial charge in [-0.1, -0.05) is 29.4 Å². The van der Waals surface area contributed by atoms with Gasteiger partial charge < -0.3 is 30.5 Å². The Bertz CT molecular complexity index is 1800. The summed E-state index contributed by atoms with van der Waals surface area (Å²) >= 11 is 0. The fourth-order valence-electron chi connectivity index (χ4n) is 5.08. The van der Waals surface area contributed by atoms with E-state index in [4.69, 9.17) is 15.0 Å². The van der Waals surface area contributed by atoms with Crippen molar-refractivity contribution in [3.05, 3.63) is 90.3 Å². The molecule has 0 bridgehead atoms. The maximum Gasteiger partial charge on any atom is 0.260 e. The molecule has 1 fully saturated rings. The van der Waals surface area contributed by atoms with Gasteiger partial charge in [-0.25, -0.2) is 4.98 Å². The first-order valence-electron chi connectivity index (χ1n) is 13.4. The summed E-state index contributed by atoms with van der Waals surface area (Å²) in [6, 6.07) is 18.1. The van der Waals surface area contributed by atoms with Gasteiger partial charge in [-0.2, -0.15) is 10.2 Å². The van der Waals surface area contributed by atoms with E-state index in [1.165, 1.54) is 17.0 Å². The lowest BCUT2D eigenvalue weighted by Gasteiger charge is -2.41. The molecular weight excluding hydrogens is 554 g/mol. The highest BCUT2D eigenvalue weighted by Crippen LogP contribution is 2.30. The molecule has 2 amide bonds. The minimum absolute atomic E-state index is 0.0209. The highest BCUT2D eigenvalue weighted by Gasteiger charge is 2.47. The number of anilines is 2. The minimum atomic E-state index is -1.93. The minimum Gasteiger partial charge on any atom is -0.507 e. The number of ether oxygens (including phenoxy) is 1. The van der Waals surface area contributed by atoms with Crippen molar-refractivity contribution < 1.29 is 29.1 Å². The number of carbonyl (C=O) groups excluding carboxylic acids is 2. The fraction of sp³-hybridized carbons (Fsp3) is 0.200. The highest BCUT2D eigenvalue weighted by molar-refractivity contribution is 5.98. The molecule has 5 N–H and O–H groups in total. The highest BCUT2D eigenvalue weighted by atomic mass is 16.5. The van der Waals surface area contributed by atoms with Gasteiger partial charge in [-0.05, 0) is 48.0 Å². The molecule has 3 aromatic heterocycles. The zero-order chi connectivity index (χ0) is 30.0. The normalized spacial score (nSPS) is 16.6. The molecule has 1 unspecified atom stereocenters. The average molecular weight is 582 g/mol. The average Bonchev–Trinajstić information content (AvgIpc) is 3.40. The number of hydrogen-bond donors (Lipinski definition) is 4. The van der Waals surface area contributed by atoms with E-state index in [1.807, 2.05) is 0 Å². The van der Waals surface area contributed by atoms with Crippen molar-refractivity contribution in [2.45, 2.75) is 18.1 Å². The predicted octanol–water partition coefficient (Wildman–Crippen LogP) is 2.10. The number of rotatable bonds is 8. The second-order valence-electron chi connectivity index (χ2n) is 10.1. The smallest absolute Gasteiger partial charge is 0.260 e. The third-order valence-corrected chi connectivity index (χ3v) is 7.25. The standard InChI is InChI=1S/C30H27N7O6/c31-27-21-9-8-18(14-24(21)43-36-27)15-30(41,17-32-28(39)20-4-1-2-6-23(20)38)26-29(40)37(12-13-42-26)25-7-3-5-22(35-25)19-10-11-33-34-16-19/h1-11,14,16,26,38,41H,12-13,15,17H2,(H2,31,36)(H,32,39)/t26-,30?/m0/s1. The van der Waals surface area contributed by atoms with Crippen molar-refractivity contribution in [2.24, 2.45) is 0 Å². The Labute approximate surface area is 244 Å². The lowest BCUT2D eigenvalue weighted by atomic mass is 9.86. The molecule has 2 aromatic carbocycles. The summed E-state index contributed by atoms with van der Waals surface area (Å²) in [5, 5.41) is 37.0. The van der Waals surface area contributed by atoms with Gasteiger partial charge in [0.2, 0.25) is 0 Å². The molecule has 43 heavy (non-hydrogen) atoms. The third-order valence-electron chi connectivity index (χ3n) is 7.25. The van der Waals surface area contributed by atoms with Gasteiger partial charge in [0.25, 0.3) is 11.8 Å². The number of pyridine rings is 1. The number of nitrogens with zero attached hydrogens (tertiary/aromatic N) is 5. The Morgan fingerprint density at radius 3 is 2.79 bits per heavy atom. The zero-order valence-electron chi connectivity index (χ0n) is 22.8. The van der Waals surface area contributed by atoms with Crippen LogP contribution in [0.5, 0.6) is 5.75 Å². The second-order valence-corrected chi connectivity index (χ2v) is 10.1. The summed E-state index contributed by atoms with van der Waals surface area (Å²) in [5.74, 6) is -0.788. The third kappa shape index (κ3) is 5.58. The summed E-state index contributed by atoms with van der Waals surface area (Å²) in [6.07, 6.45) is 1.63. The number of nitrogen functional groups attached to an aromatic ring is 1. The van der Waals surface area contributed by atoms with Crippen LogP contribution in [0, 0.1) is 0 Å². The van der Waals surface area contributed by atoms with Gasteiger partial charge in [0.05, 0.1) is 48.7 Å². The van der Waals surface area contributed by atoms with Crippen LogP contribution in [0.4, 0.5) is 11.6 Å². The van der Waals surface area contributed by atoms with Crippen molar-refractivity contribution in [1.82, 2.24) is 25.7 Å². The topological polar surface area (TPSA) is 190 Å². The number of benzene rings is 2. The summed E-state index contributed by atoms with van der Waals surface area (Å²) < 4.78 is 11.2. The van der Waals surface area contributed by atoms with Crippen molar-refractivity contribution in [3.63, 3.8) is 0 Å². The van der Waals surface area contributed by atoms with E-state index in [0.29, 0.717) is 28.0 Å². The Morgan fingerprint density at radius 2 is 1.98 bits per heavy atom. The second kappa shape index (κ2) is 11.5. The van der Waals surface area contributed by atoms with E-state index < -0.39 is 23.5 Å². The molecule has 0 aliphatic carbocycles. The van der Waals surface area contributed by atoms with E-state index in [1.54, 1.807) is 67.0 Å². The van der Waals surface area contributed by atoms with Crippen LogP contribution in [0.25, 0.3) is 22.2 Å². The first kappa shape index (κ1) is 27.8. The number of aliphatic hydroxyl groups is 1. The van der Waals surface area contributed by atoms with Crippen LogP contribution in [0.2, 0.25) is 0 Å². The van der Waals surface area contributed by atoms with Gasteiger partial charge in [-0.15, -0.1) is 0 Å². The van der Waals surface area contributed by atoms with Gasteiger partial charge in [-0.3, -0.25) is 14.5 Å². The number of morpholine rings is 1. The molecule has 5 aromatic rings. The summed E-state index contributed by atoms with van der Waals surface area (Å²) in [5.41, 5.74) is 6.24. The number of para-hydroxylation sites is 1. The molecule has 1 saturated heterocycles. The van der Waals surface area contributed by atoms with Crippen LogP contribution in [-0.4, -0.2) is 73.8 Å². The Balaban J connectivity index is 1.31. The quantitative estimate of drug-likeness (QED) is 0.210. The van der Waals surface area contributed by atoms with E-state index in [2.05, 4.69) is 25.7 Å². The van der Waals surface area contributed by atoms with Gasteiger partial charge in [0.15, 0.2) is 17.5 Å². The first-order valence-corrected chi connectivity index (χ1v) is 13.4. The van der Waals surface area contributed by atoms with Gasteiger partial charge in [0, 0.05) is 12.0 Å². The van der Waals surface area contributed by atoms with E-state index in [-0.39, 0.29) is 43.2 Å². The van der Waals surface area contributed by atoms with Crippen molar-refractivity contribution in [1.29, 1.82) is 0 Å². The molecule has 218 valence electrons. The molecule has 4 heterocycles. The number of aromatic hydroxyl groups is 1. The molecule has 6 rings (SSSR count). The molecule has 0 radical (unpaired) electrons. The lowest BCUT2D eigenvalue weighted by Crippen LogP contribution is -2.63. The van der Waals surface area contributed by atoms with Crippen LogP contribution < -0.4 is 16.0 Å². The predicted molar refractivity (Wildman–Crippen MR) is 155 cm³/mol. The zero-order valence-corrected chi connectivity index (χ0v) is 22.8. The van der Waals surface area contributed by atoms with E-state index >= 15 is 0 Å². The maximum atomic E-state index is 14.0. The van der Waals surface area contributed by atoms with Crippen LogP contribution >= 0.6 is 0 Å². The molecular formula is C30H27N7O6. The lowest BCUT2D eigenvalue weighted by molar-refractivity contribution is -0.157. The van der Waals surface area contributed by atoms with Crippen LogP contribution in [0.3, 0.4) is 0 Å². The largest absolute Gasteiger partial charge is 0.507 e. The van der Waals surface area contributed by atoms with Crippen LogP contribution in [0.1, 0.15) is 15.9 Å². The Kier molecular flexibility index (Phi) is 7.40. The number of phenols is 1. The SMILES string of the molecule is Nc1noc2cc(CC(O)(CNC(=O)c3ccccc3O)[C@H]3OCCN(c4cccc(-c5ccnnc5)n4)C3=O)ccc12. The van der Waals surface area contributed by atoms with E-state index in [9.17, 15) is 19.8 Å². The molecule has 13 heteroatoms. The van der Waals surface area contributed by atoms with Crippen molar-refractivity contribution in [2.75, 3.05) is 30.3 Å². The summed E-state index contributed by atoms with van der Waals surface area (Å²) in [4.78, 5) is 33.1. The monoisotopic (exact) mass is 581 g/mol. The molecule has 2 atom stereocenters. The number of phenolic OH excluding ortho intramolecular Hbond substituents is 1. The number of fused-ring (bicyclic) bond motifs is 1. The maximum absolute atomic E-state index is 14.0. The van der Waals surface area contributed by atoms with Gasteiger partial charge in [0.1, 0.15) is 17.2 Å². The van der Waals surface area contributed by atoms with Crippen LogP contribution in [0.15, 0.2) is 83.6 Å². The fourth-order valence-corrected chi connectivity index (χ4v) is 5.08. The van der Waals surface area contributed by atoms with Crippen LogP contribution in [-0.2, 0) is 16.0 Å². The van der Waals surface area contributed by atoms with Gasteiger partial charge >= 0.3 is 0 Å². The number of aromatic nitrogens is 4. The number of hydrogen-bond acceptors (Lipinski definition) is 11. The number of carbonyl (C=O) groups is 2. The Hall–Kier alpha value is -5.40. The summed E-state index contributed by atoms with van der Waals surface area (Å²) in [6.45, 7) is -0.0757. The molecule has 1 aliphatic heterocycles. The van der Waals surface area contributed by atoms with E-state index in [0.717, 1.165) is 5.56 Å². The number of amides is 2. The molecule has 1 aliphatic rings. The number of nitrogens with two attached hydrogens (primary N) is 1.